The molecular formula is C13H20N4O. The van der Waals surface area contributed by atoms with E-state index in [1.165, 1.54) is 0 Å². The van der Waals surface area contributed by atoms with E-state index in [9.17, 15) is 4.79 Å². The molecule has 98 valence electrons. The number of nitrogens with two attached hydrogens (primary N) is 1. The SMILES string of the molecule is CC1CCN(C(=O)c2n[nH]c(C3CC3)c2N)CC1. The second-order valence-corrected chi connectivity index (χ2v) is 5.65. The number of nitrogen functional groups attached to an aromatic ring is 1. The van der Waals surface area contributed by atoms with E-state index in [1.54, 1.807) is 0 Å². The fourth-order valence-corrected chi connectivity index (χ4v) is 2.57. The monoisotopic (exact) mass is 248 g/mol. The minimum Gasteiger partial charge on any atom is -0.395 e. The minimum absolute atomic E-state index is 0.0115. The number of aromatic nitrogens is 2. The summed E-state index contributed by atoms with van der Waals surface area (Å²) in [6.07, 6.45) is 4.46. The van der Waals surface area contributed by atoms with Crippen molar-refractivity contribution >= 4 is 11.6 Å². The number of hydrogen-bond acceptors (Lipinski definition) is 3. The van der Waals surface area contributed by atoms with Crippen LogP contribution >= 0.6 is 0 Å². The Balaban J connectivity index is 1.75. The fraction of sp³-hybridized carbons (Fsp3) is 0.692. The summed E-state index contributed by atoms with van der Waals surface area (Å²) in [6, 6.07) is 0. The molecule has 1 saturated carbocycles. The predicted molar refractivity (Wildman–Crippen MR) is 69.3 cm³/mol. The molecule has 3 N–H and O–H groups in total. The average Bonchev–Trinajstić information content (AvgIpc) is 3.13. The zero-order valence-corrected chi connectivity index (χ0v) is 10.8. The van der Waals surface area contributed by atoms with Crippen LogP contribution in [0.1, 0.15) is 54.7 Å². The molecule has 5 heteroatoms. The Hall–Kier alpha value is -1.52. The van der Waals surface area contributed by atoms with Gasteiger partial charge in [-0.15, -0.1) is 0 Å². The number of nitrogens with one attached hydrogen (secondary N) is 1. The van der Waals surface area contributed by atoms with Gasteiger partial charge in [-0.25, -0.2) is 0 Å². The van der Waals surface area contributed by atoms with Gasteiger partial charge in [-0.3, -0.25) is 9.89 Å². The zero-order valence-electron chi connectivity index (χ0n) is 10.8. The van der Waals surface area contributed by atoms with E-state index < -0.39 is 0 Å². The Morgan fingerprint density at radius 2 is 2.00 bits per heavy atom. The first-order valence-corrected chi connectivity index (χ1v) is 6.80. The maximum Gasteiger partial charge on any atom is 0.276 e. The van der Waals surface area contributed by atoms with Crippen LogP contribution < -0.4 is 5.73 Å². The fourth-order valence-electron chi connectivity index (χ4n) is 2.57. The van der Waals surface area contributed by atoms with Crippen molar-refractivity contribution in [2.24, 2.45) is 5.92 Å². The maximum atomic E-state index is 12.3. The molecule has 0 atom stereocenters. The smallest absolute Gasteiger partial charge is 0.276 e. The summed E-state index contributed by atoms with van der Waals surface area (Å²) < 4.78 is 0. The Labute approximate surface area is 107 Å². The number of hydrogen-bond donors (Lipinski definition) is 2. The lowest BCUT2D eigenvalue weighted by Crippen LogP contribution is -2.38. The number of rotatable bonds is 2. The Morgan fingerprint density at radius 1 is 1.33 bits per heavy atom. The molecule has 0 spiro atoms. The van der Waals surface area contributed by atoms with Crippen LogP contribution in [0.4, 0.5) is 5.69 Å². The summed E-state index contributed by atoms with van der Waals surface area (Å²) in [6.45, 7) is 3.88. The number of amides is 1. The molecule has 0 bridgehead atoms. The van der Waals surface area contributed by atoms with Crippen molar-refractivity contribution in [2.45, 2.75) is 38.5 Å². The lowest BCUT2D eigenvalue weighted by atomic mass is 9.99. The van der Waals surface area contributed by atoms with Crippen molar-refractivity contribution < 1.29 is 4.79 Å². The number of carbonyl (C=O) groups is 1. The average molecular weight is 248 g/mol. The highest BCUT2D eigenvalue weighted by Gasteiger charge is 2.32. The predicted octanol–water partition coefficient (Wildman–Crippen LogP) is 1.74. The molecule has 18 heavy (non-hydrogen) atoms. The van der Waals surface area contributed by atoms with Crippen LogP contribution in [-0.4, -0.2) is 34.1 Å². The van der Waals surface area contributed by atoms with Crippen molar-refractivity contribution in [2.75, 3.05) is 18.8 Å². The third kappa shape index (κ3) is 1.98. The number of anilines is 1. The second-order valence-electron chi connectivity index (χ2n) is 5.65. The summed E-state index contributed by atoms with van der Waals surface area (Å²) in [4.78, 5) is 14.2. The molecule has 3 rings (SSSR count). The third-order valence-corrected chi connectivity index (χ3v) is 4.09. The number of likely N-dealkylation sites (tertiary alicyclic amines) is 1. The standard InChI is InChI=1S/C13H20N4O/c1-8-4-6-17(7-5-8)13(18)12-10(14)11(15-16-12)9-2-3-9/h8-9H,2-7,14H2,1H3,(H,15,16). The van der Waals surface area contributed by atoms with Gasteiger partial charge in [0, 0.05) is 19.0 Å². The normalized spacial score (nSPS) is 21.3. The highest BCUT2D eigenvalue weighted by atomic mass is 16.2. The number of H-pyrrole nitrogens is 1. The van der Waals surface area contributed by atoms with Crippen molar-refractivity contribution in [3.8, 4) is 0 Å². The summed E-state index contributed by atoms with van der Waals surface area (Å²) in [5.74, 6) is 1.20. The van der Waals surface area contributed by atoms with Crippen LogP contribution in [-0.2, 0) is 0 Å². The van der Waals surface area contributed by atoms with Gasteiger partial charge in [0.25, 0.3) is 5.91 Å². The van der Waals surface area contributed by atoms with Gasteiger partial charge in [-0.1, -0.05) is 6.92 Å². The second kappa shape index (κ2) is 4.30. The van der Waals surface area contributed by atoms with Crippen LogP contribution in [0.5, 0.6) is 0 Å². The van der Waals surface area contributed by atoms with Crippen LogP contribution in [0.15, 0.2) is 0 Å². The van der Waals surface area contributed by atoms with Gasteiger partial charge in [0.2, 0.25) is 0 Å². The minimum atomic E-state index is -0.0115. The van der Waals surface area contributed by atoms with Crippen LogP contribution in [0.2, 0.25) is 0 Å². The molecular weight excluding hydrogens is 228 g/mol. The van der Waals surface area contributed by atoms with Crippen molar-refractivity contribution in [1.82, 2.24) is 15.1 Å². The number of piperidine rings is 1. The molecule has 1 saturated heterocycles. The molecule has 1 amide bonds. The molecule has 2 fully saturated rings. The van der Waals surface area contributed by atoms with Gasteiger partial charge >= 0.3 is 0 Å². The van der Waals surface area contributed by atoms with E-state index >= 15 is 0 Å². The molecule has 2 heterocycles. The molecule has 1 aliphatic heterocycles. The van der Waals surface area contributed by atoms with Crippen LogP contribution in [0.3, 0.4) is 0 Å². The topological polar surface area (TPSA) is 75.0 Å². The molecule has 0 radical (unpaired) electrons. The lowest BCUT2D eigenvalue weighted by molar-refractivity contribution is 0.0692. The first-order chi connectivity index (χ1) is 8.66. The highest BCUT2D eigenvalue weighted by Crippen LogP contribution is 2.42. The van der Waals surface area contributed by atoms with Gasteiger partial charge in [-0.05, 0) is 31.6 Å². The molecule has 0 aromatic carbocycles. The Kier molecular flexibility index (Phi) is 2.76. The quantitative estimate of drug-likeness (QED) is 0.837. The number of nitrogens with zero attached hydrogens (tertiary/aromatic N) is 2. The molecule has 5 nitrogen and oxygen atoms in total. The Morgan fingerprint density at radius 3 is 2.61 bits per heavy atom. The van der Waals surface area contributed by atoms with Gasteiger partial charge < -0.3 is 10.6 Å². The number of carbonyl (C=O) groups excluding carboxylic acids is 1. The van der Waals surface area contributed by atoms with Gasteiger partial charge in [0.05, 0.1) is 11.4 Å². The van der Waals surface area contributed by atoms with Gasteiger partial charge in [0.1, 0.15) is 0 Å². The summed E-state index contributed by atoms with van der Waals surface area (Å²) in [5, 5.41) is 7.07. The highest BCUT2D eigenvalue weighted by molar-refractivity contribution is 5.97. The Bertz CT molecular complexity index is 456. The molecule has 2 aliphatic rings. The zero-order chi connectivity index (χ0) is 12.7. The molecule has 0 unspecified atom stereocenters. The summed E-state index contributed by atoms with van der Waals surface area (Å²) in [7, 11) is 0. The van der Waals surface area contributed by atoms with Crippen molar-refractivity contribution in [1.29, 1.82) is 0 Å². The number of aromatic amines is 1. The van der Waals surface area contributed by atoms with E-state index in [1.807, 2.05) is 4.90 Å². The van der Waals surface area contributed by atoms with E-state index in [4.69, 9.17) is 5.73 Å². The van der Waals surface area contributed by atoms with Crippen LogP contribution in [0.25, 0.3) is 0 Å². The third-order valence-electron chi connectivity index (χ3n) is 4.09. The van der Waals surface area contributed by atoms with E-state index in [0.717, 1.165) is 44.5 Å². The van der Waals surface area contributed by atoms with E-state index in [0.29, 0.717) is 23.2 Å². The first kappa shape index (κ1) is 11.6. The largest absolute Gasteiger partial charge is 0.395 e. The molecule has 1 aromatic heterocycles. The first-order valence-electron chi connectivity index (χ1n) is 6.80. The van der Waals surface area contributed by atoms with Crippen LogP contribution in [0, 0.1) is 5.92 Å². The molecule has 1 aromatic rings. The summed E-state index contributed by atoms with van der Waals surface area (Å²) in [5.41, 5.74) is 7.99. The van der Waals surface area contributed by atoms with Crippen molar-refractivity contribution in [3.63, 3.8) is 0 Å². The molecule has 1 aliphatic carbocycles. The van der Waals surface area contributed by atoms with Crippen molar-refractivity contribution in [3.05, 3.63) is 11.4 Å². The summed E-state index contributed by atoms with van der Waals surface area (Å²) >= 11 is 0. The van der Waals surface area contributed by atoms with Gasteiger partial charge in [0.15, 0.2) is 5.69 Å². The van der Waals surface area contributed by atoms with E-state index in [2.05, 4.69) is 17.1 Å². The maximum absolute atomic E-state index is 12.3. The lowest BCUT2D eigenvalue weighted by Gasteiger charge is -2.29. The van der Waals surface area contributed by atoms with E-state index in [-0.39, 0.29) is 5.91 Å². The van der Waals surface area contributed by atoms with Gasteiger partial charge in [-0.2, -0.15) is 5.10 Å².